The van der Waals surface area contributed by atoms with Crippen LogP contribution in [0.2, 0.25) is 0 Å². The van der Waals surface area contributed by atoms with E-state index < -0.39 is 0 Å². The van der Waals surface area contributed by atoms with Gasteiger partial charge in [0, 0.05) is 31.8 Å². The van der Waals surface area contributed by atoms with Crippen molar-refractivity contribution < 1.29 is 14.3 Å². The van der Waals surface area contributed by atoms with Crippen molar-refractivity contribution in [2.45, 2.75) is 52.2 Å². The fraction of sp³-hybridized carbons (Fsp3) is 0.600. The van der Waals surface area contributed by atoms with E-state index in [1.165, 1.54) is 0 Å². The Balaban J connectivity index is 2.04. The van der Waals surface area contributed by atoms with Gasteiger partial charge in [-0.15, -0.1) is 0 Å². The third-order valence-electron chi connectivity index (χ3n) is 4.83. The van der Waals surface area contributed by atoms with Crippen LogP contribution in [0.5, 0.6) is 0 Å². The van der Waals surface area contributed by atoms with Crippen molar-refractivity contribution >= 4 is 11.8 Å². The van der Waals surface area contributed by atoms with Gasteiger partial charge in [-0.1, -0.05) is 25.5 Å². The fourth-order valence-corrected chi connectivity index (χ4v) is 3.26. The second-order valence-corrected chi connectivity index (χ2v) is 6.86. The standard InChI is InChI=1S/C20H30N2O3/c1-4-5-11-21-19(23)18-10-9-15(2)22(13-18)20(24)17-8-6-7-16(12-17)14-25-3/h6-8,12,15,18H,4-5,9-11,13-14H2,1-3H3,(H,21,23)/t15-,18+/m1/s1. The quantitative estimate of drug-likeness (QED) is 0.772. The molecule has 1 saturated heterocycles. The molecule has 0 aliphatic carbocycles. The fourth-order valence-electron chi connectivity index (χ4n) is 3.26. The Labute approximate surface area is 150 Å². The van der Waals surface area contributed by atoms with Gasteiger partial charge in [0.25, 0.3) is 5.91 Å². The summed E-state index contributed by atoms with van der Waals surface area (Å²) in [6, 6.07) is 7.69. The minimum atomic E-state index is -0.112. The molecule has 1 aliphatic heterocycles. The second-order valence-electron chi connectivity index (χ2n) is 6.86. The number of hydrogen-bond acceptors (Lipinski definition) is 3. The van der Waals surface area contributed by atoms with Gasteiger partial charge in [-0.05, 0) is 43.9 Å². The maximum atomic E-state index is 12.9. The van der Waals surface area contributed by atoms with E-state index in [-0.39, 0.29) is 23.8 Å². The van der Waals surface area contributed by atoms with Crippen molar-refractivity contribution in [3.63, 3.8) is 0 Å². The normalized spacial score (nSPS) is 20.4. The number of nitrogens with zero attached hydrogens (tertiary/aromatic N) is 1. The summed E-state index contributed by atoms with van der Waals surface area (Å²) in [6.45, 7) is 5.86. The van der Waals surface area contributed by atoms with Crippen LogP contribution < -0.4 is 5.32 Å². The van der Waals surface area contributed by atoms with E-state index in [1.807, 2.05) is 29.2 Å². The summed E-state index contributed by atoms with van der Waals surface area (Å²) in [5, 5.41) is 3.00. The molecule has 0 unspecified atom stereocenters. The Morgan fingerprint density at radius 2 is 2.12 bits per heavy atom. The molecule has 2 atom stereocenters. The van der Waals surface area contributed by atoms with Crippen LogP contribution in [0.4, 0.5) is 0 Å². The van der Waals surface area contributed by atoms with Crippen LogP contribution in [-0.4, -0.2) is 43.0 Å². The molecule has 1 N–H and O–H groups in total. The van der Waals surface area contributed by atoms with Crippen LogP contribution in [0.3, 0.4) is 0 Å². The lowest BCUT2D eigenvalue weighted by atomic mass is 9.92. The zero-order valence-corrected chi connectivity index (χ0v) is 15.6. The monoisotopic (exact) mass is 346 g/mol. The second kappa shape index (κ2) is 9.56. The zero-order valence-electron chi connectivity index (χ0n) is 15.6. The number of piperidine rings is 1. The summed E-state index contributed by atoms with van der Waals surface area (Å²) in [5.41, 5.74) is 1.64. The maximum Gasteiger partial charge on any atom is 0.254 e. The van der Waals surface area contributed by atoms with Gasteiger partial charge in [-0.3, -0.25) is 9.59 Å². The first kappa shape index (κ1) is 19.4. The van der Waals surface area contributed by atoms with Crippen LogP contribution in [0, 0.1) is 5.92 Å². The highest BCUT2D eigenvalue weighted by Crippen LogP contribution is 2.24. The Kier molecular flexibility index (Phi) is 7.44. The highest BCUT2D eigenvalue weighted by Gasteiger charge is 2.32. The third-order valence-corrected chi connectivity index (χ3v) is 4.83. The Bertz CT molecular complexity index is 588. The van der Waals surface area contributed by atoms with E-state index in [2.05, 4.69) is 19.2 Å². The lowest BCUT2D eigenvalue weighted by Crippen LogP contribution is -2.49. The minimum absolute atomic E-state index is 0.00323. The molecule has 5 nitrogen and oxygen atoms in total. The predicted octanol–water partition coefficient (Wildman–Crippen LogP) is 2.99. The van der Waals surface area contributed by atoms with Crippen molar-refractivity contribution in [3.8, 4) is 0 Å². The Hall–Kier alpha value is -1.88. The summed E-state index contributed by atoms with van der Waals surface area (Å²) in [4.78, 5) is 27.2. The number of hydrogen-bond donors (Lipinski definition) is 1. The van der Waals surface area contributed by atoms with Crippen LogP contribution in [0.15, 0.2) is 24.3 Å². The first-order valence-electron chi connectivity index (χ1n) is 9.23. The third kappa shape index (κ3) is 5.30. The maximum absolute atomic E-state index is 12.9. The van der Waals surface area contributed by atoms with Gasteiger partial charge in [0.15, 0.2) is 0 Å². The summed E-state index contributed by atoms with van der Waals surface area (Å²) < 4.78 is 5.15. The van der Waals surface area contributed by atoms with E-state index in [1.54, 1.807) is 7.11 Å². The first-order valence-corrected chi connectivity index (χ1v) is 9.23. The number of likely N-dealkylation sites (tertiary alicyclic amines) is 1. The van der Waals surface area contributed by atoms with E-state index >= 15 is 0 Å². The van der Waals surface area contributed by atoms with E-state index in [0.29, 0.717) is 25.3 Å². The van der Waals surface area contributed by atoms with Crippen molar-refractivity contribution in [3.05, 3.63) is 35.4 Å². The molecule has 138 valence electrons. The first-order chi connectivity index (χ1) is 12.1. The Morgan fingerprint density at radius 3 is 2.84 bits per heavy atom. The number of methoxy groups -OCH3 is 1. The van der Waals surface area contributed by atoms with Crippen molar-refractivity contribution in [2.75, 3.05) is 20.2 Å². The van der Waals surface area contributed by atoms with Gasteiger partial charge in [0.1, 0.15) is 0 Å². The zero-order chi connectivity index (χ0) is 18.2. The molecule has 25 heavy (non-hydrogen) atoms. The van der Waals surface area contributed by atoms with Gasteiger partial charge in [0.2, 0.25) is 5.91 Å². The van der Waals surface area contributed by atoms with Crippen LogP contribution in [0.1, 0.15) is 55.5 Å². The molecule has 1 aromatic carbocycles. The predicted molar refractivity (Wildman–Crippen MR) is 98.3 cm³/mol. The molecule has 1 aliphatic rings. The molecule has 0 spiro atoms. The SMILES string of the molecule is CCCCNC(=O)[C@H]1CC[C@@H](C)N(C(=O)c2cccc(COC)c2)C1. The number of nitrogens with one attached hydrogen (secondary N) is 1. The summed E-state index contributed by atoms with van der Waals surface area (Å²) in [7, 11) is 1.64. The van der Waals surface area contributed by atoms with Crippen LogP contribution in [0.25, 0.3) is 0 Å². The molecule has 0 saturated carbocycles. The highest BCUT2D eigenvalue weighted by molar-refractivity contribution is 5.95. The van der Waals surface area contributed by atoms with Crippen molar-refractivity contribution in [1.82, 2.24) is 10.2 Å². The highest BCUT2D eigenvalue weighted by atomic mass is 16.5. The van der Waals surface area contributed by atoms with Crippen molar-refractivity contribution in [1.29, 1.82) is 0 Å². The van der Waals surface area contributed by atoms with E-state index in [9.17, 15) is 9.59 Å². The molecule has 1 heterocycles. The molecule has 0 radical (unpaired) electrons. The molecule has 0 aromatic heterocycles. The molecule has 1 aromatic rings. The number of rotatable bonds is 7. The van der Waals surface area contributed by atoms with Gasteiger partial charge >= 0.3 is 0 Å². The average Bonchev–Trinajstić information content (AvgIpc) is 2.62. The van der Waals surface area contributed by atoms with Crippen LogP contribution in [-0.2, 0) is 16.1 Å². The van der Waals surface area contributed by atoms with E-state index in [0.717, 1.165) is 31.2 Å². The Morgan fingerprint density at radius 1 is 1.32 bits per heavy atom. The minimum Gasteiger partial charge on any atom is -0.380 e. The van der Waals surface area contributed by atoms with Crippen molar-refractivity contribution in [2.24, 2.45) is 5.92 Å². The van der Waals surface area contributed by atoms with Gasteiger partial charge in [-0.25, -0.2) is 0 Å². The number of amides is 2. The summed E-state index contributed by atoms with van der Waals surface area (Å²) in [6.07, 6.45) is 3.75. The molecule has 2 amide bonds. The van der Waals surface area contributed by atoms with Gasteiger partial charge in [0.05, 0.1) is 12.5 Å². The largest absolute Gasteiger partial charge is 0.380 e. The molecule has 1 fully saturated rings. The lowest BCUT2D eigenvalue weighted by molar-refractivity contribution is -0.126. The van der Waals surface area contributed by atoms with Gasteiger partial charge in [-0.2, -0.15) is 0 Å². The summed E-state index contributed by atoms with van der Waals surface area (Å²) >= 11 is 0. The number of unbranched alkanes of at least 4 members (excludes halogenated alkanes) is 1. The number of ether oxygens (including phenoxy) is 1. The average molecular weight is 346 g/mol. The topological polar surface area (TPSA) is 58.6 Å². The summed E-state index contributed by atoms with van der Waals surface area (Å²) in [5.74, 6) is -0.0399. The van der Waals surface area contributed by atoms with Crippen LogP contribution >= 0.6 is 0 Å². The number of benzene rings is 1. The number of carbonyl (C=O) groups is 2. The molecular weight excluding hydrogens is 316 g/mol. The van der Waals surface area contributed by atoms with Gasteiger partial charge < -0.3 is 15.0 Å². The van der Waals surface area contributed by atoms with E-state index in [4.69, 9.17) is 4.74 Å². The molecular formula is C20H30N2O3. The lowest BCUT2D eigenvalue weighted by Gasteiger charge is -2.37. The molecule has 0 bridgehead atoms. The number of carbonyl (C=O) groups excluding carboxylic acids is 2. The smallest absolute Gasteiger partial charge is 0.254 e. The molecule has 2 rings (SSSR count). The molecule has 5 heteroatoms.